The maximum Gasteiger partial charge on any atom is 0.338 e. The fourth-order valence-electron chi connectivity index (χ4n) is 5.34. The van der Waals surface area contributed by atoms with E-state index < -0.39 is 47.2 Å². The van der Waals surface area contributed by atoms with Gasteiger partial charge in [-0.15, -0.1) is 0 Å². The zero-order chi connectivity index (χ0) is 23.1. The van der Waals surface area contributed by atoms with Crippen LogP contribution >= 0.6 is 0 Å². The van der Waals surface area contributed by atoms with Crippen LogP contribution in [-0.2, 0) is 14.3 Å². The highest BCUT2D eigenvalue weighted by Crippen LogP contribution is 2.59. The van der Waals surface area contributed by atoms with Gasteiger partial charge in [-0.25, -0.2) is 4.79 Å². The van der Waals surface area contributed by atoms with E-state index >= 15 is 0 Å². The first-order valence-electron chi connectivity index (χ1n) is 10.6. The van der Waals surface area contributed by atoms with E-state index in [1.54, 1.807) is 6.08 Å². The van der Waals surface area contributed by atoms with Gasteiger partial charge in [-0.3, -0.25) is 4.79 Å². The van der Waals surface area contributed by atoms with Crippen molar-refractivity contribution in [3.8, 4) is 5.75 Å². The molecule has 1 aromatic rings. The smallest absolute Gasteiger partial charge is 0.338 e. The number of aliphatic hydroxyl groups is 2. The molecule has 170 valence electrons. The second kappa shape index (κ2) is 8.28. The Labute approximate surface area is 182 Å². The number of phenolic OH excluding ortho intramolecular Hbond substituents is 1. The fourth-order valence-corrected chi connectivity index (χ4v) is 5.34. The van der Waals surface area contributed by atoms with Gasteiger partial charge in [-0.1, -0.05) is 26.3 Å². The molecule has 0 bridgehead atoms. The maximum atomic E-state index is 12.9. The second-order valence-electron chi connectivity index (χ2n) is 9.48. The molecule has 7 heteroatoms. The summed E-state index contributed by atoms with van der Waals surface area (Å²) < 4.78 is 11.4. The molecule has 1 saturated carbocycles. The number of esters is 2. The van der Waals surface area contributed by atoms with Crippen LogP contribution in [0.3, 0.4) is 0 Å². The van der Waals surface area contributed by atoms with Crippen LogP contribution in [0.2, 0.25) is 0 Å². The lowest BCUT2D eigenvalue weighted by Gasteiger charge is -2.44. The first-order valence-corrected chi connectivity index (χ1v) is 10.6. The van der Waals surface area contributed by atoms with Gasteiger partial charge in [0.15, 0.2) is 0 Å². The minimum atomic E-state index is -1.51. The van der Waals surface area contributed by atoms with Crippen molar-refractivity contribution in [3.05, 3.63) is 41.5 Å². The van der Waals surface area contributed by atoms with Crippen LogP contribution in [-0.4, -0.2) is 51.2 Å². The van der Waals surface area contributed by atoms with Gasteiger partial charge in [0.2, 0.25) is 0 Å². The molecule has 2 aliphatic rings. The summed E-state index contributed by atoms with van der Waals surface area (Å²) in [4.78, 5) is 24.7. The summed E-state index contributed by atoms with van der Waals surface area (Å²) in [7, 11) is 0. The molecule has 0 amide bonds. The highest BCUT2D eigenvalue weighted by molar-refractivity contribution is 5.89. The predicted octanol–water partition coefficient (Wildman–Crippen LogP) is 2.97. The van der Waals surface area contributed by atoms with Crippen molar-refractivity contribution in [2.75, 3.05) is 0 Å². The molecular formula is C24H32O7. The third kappa shape index (κ3) is 4.08. The topological polar surface area (TPSA) is 113 Å². The highest BCUT2D eigenvalue weighted by atomic mass is 16.6. The normalized spacial score (nSPS) is 35.2. The number of aromatic hydroxyl groups is 1. The molecular weight excluding hydrogens is 400 g/mol. The molecule has 0 aliphatic heterocycles. The minimum absolute atomic E-state index is 0.0339. The molecule has 7 nitrogen and oxygen atoms in total. The maximum absolute atomic E-state index is 12.9. The van der Waals surface area contributed by atoms with Crippen LogP contribution < -0.4 is 0 Å². The van der Waals surface area contributed by atoms with E-state index in [0.29, 0.717) is 6.42 Å². The predicted molar refractivity (Wildman–Crippen MR) is 113 cm³/mol. The van der Waals surface area contributed by atoms with Crippen molar-refractivity contribution in [1.29, 1.82) is 0 Å². The lowest BCUT2D eigenvalue weighted by Crippen LogP contribution is -2.56. The molecule has 2 aliphatic carbocycles. The monoisotopic (exact) mass is 432 g/mol. The van der Waals surface area contributed by atoms with Crippen LogP contribution in [0.1, 0.15) is 57.8 Å². The summed E-state index contributed by atoms with van der Waals surface area (Å²) >= 11 is 0. The molecule has 0 heterocycles. The Morgan fingerprint density at radius 2 is 1.77 bits per heavy atom. The Bertz CT molecular complexity index is 874. The molecule has 1 aromatic carbocycles. The lowest BCUT2D eigenvalue weighted by molar-refractivity contribution is -0.178. The van der Waals surface area contributed by atoms with Crippen LogP contribution in [0.4, 0.5) is 0 Å². The molecule has 31 heavy (non-hydrogen) atoms. The number of aliphatic hydroxyl groups excluding tert-OH is 1. The third-order valence-electron chi connectivity index (χ3n) is 6.98. The van der Waals surface area contributed by atoms with Gasteiger partial charge in [-0.2, -0.15) is 0 Å². The summed E-state index contributed by atoms with van der Waals surface area (Å²) in [5.74, 6) is -2.11. The Kier molecular flexibility index (Phi) is 6.22. The zero-order valence-corrected chi connectivity index (χ0v) is 18.7. The first-order chi connectivity index (χ1) is 14.4. The number of carbonyl (C=O) groups excluding carboxylic acids is 2. The van der Waals surface area contributed by atoms with Crippen LogP contribution in [0.25, 0.3) is 0 Å². The molecule has 3 N–H and O–H groups in total. The van der Waals surface area contributed by atoms with Gasteiger partial charge < -0.3 is 24.8 Å². The Balaban J connectivity index is 2.06. The van der Waals surface area contributed by atoms with Gasteiger partial charge in [0, 0.05) is 18.3 Å². The quantitative estimate of drug-likeness (QED) is 0.495. The number of phenols is 1. The van der Waals surface area contributed by atoms with E-state index in [9.17, 15) is 24.9 Å². The zero-order valence-electron chi connectivity index (χ0n) is 18.7. The molecule has 0 radical (unpaired) electrons. The standard InChI is InChI=1S/C24H32O7/c1-13(2)24(29)20(30-15(4)25)12-23(5)19(27)11-14(3)10-18(21(23)24)31-22(28)16-6-8-17(26)9-7-16/h6-10,13,18-21,26-27,29H,11-12H2,1-5H3/t18-,19-,20-,21+,23+,24-/m0/s1. The van der Waals surface area contributed by atoms with Gasteiger partial charge >= 0.3 is 11.9 Å². The van der Waals surface area contributed by atoms with Crippen molar-refractivity contribution in [2.24, 2.45) is 17.3 Å². The number of ether oxygens (including phenoxy) is 2. The van der Waals surface area contributed by atoms with Crippen molar-refractivity contribution in [3.63, 3.8) is 0 Å². The van der Waals surface area contributed by atoms with Gasteiger partial charge in [-0.05, 0) is 56.0 Å². The summed E-state index contributed by atoms with van der Waals surface area (Å²) in [6.45, 7) is 8.66. The van der Waals surface area contributed by atoms with Crippen molar-refractivity contribution < 1.29 is 34.4 Å². The molecule has 0 saturated heterocycles. The number of benzene rings is 1. The van der Waals surface area contributed by atoms with E-state index in [1.807, 2.05) is 27.7 Å². The second-order valence-corrected chi connectivity index (χ2v) is 9.48. The summed E-state index contributed by atoms with van der Waals surface area (Å²) in [5, 5.41) is 32.5. The molecule has 6 atom stereocenters. The number of hydrogen-bond acceptors (Lipinski definition) is 7. The molecule has 0 unspecified atom stereocenters. The highest BCUT2D eigenvalue weighted by Gasteiger charge is 2.67. The molecule has 0 spiro atoms. The summed E-state index contributed by atoms with van der Waals surface area (Å²) in [6.07, 6.45) is -0.0893. The lowest BCUT2D eigenvalue weighted by atomic mass is 9.66. The van der Waals surface area contributed by atoms with E-state index in [2.05, 4.69) is 0 Å². The third-order valence-corrected chi connectivity index (χ3v) is 6.98. The SMILES string of the molecule is CC(=O)O[C@H]1C[C@@]2(C)[C@@H]([C@@H](OC(=O)c3ccc(O)cc3)C=C(C)C[C@@H]2O)[C@]1(O)C(C)C. The van der Waals surface area contributed by atoms with E-state index in [-0.39, 0.29) is 23.7 Å². The van der Waals surface area contributed by atoms with Gasteiger partial charge in [0.1, 0.15) is 23.6 Å². The van der Waals surface area contributed by atoms with Gasteiger partial charge in [0.05, 0.1) is 11.7 Å². The fraction of sp³-hybridized carbons (Fsp3) is 0.583. The van der Waals surface area contributed by atoms with Crippen molar-refractivity contribution in [2.45, 2.75) is 71.4 Å². The number of hydrogen-bond donors (Lipinski definition) is 3. The van der Waals surface area contributed by atoms with E-state index in [0.717, 1.165) is 5.57 Å². The Morgan fingerprint density at radius 3 is 2.32 bits per heavy atom. The van der Waals surface area contributed by atoms with Crippen LogP contribution in [0.15, 0.2) is 35.9 Å². The summed E-state index contributed by atoms with van der Waals surface area (Å²) in [6, 6.07) is 5.72. The summed E-state index contributed by atoms with van der Waals surface area (Å²) in [5.41, 5.74) is -1.25. The van der Waals surface area contributed by atoms with Crippen molar-refractivity contribution in [1.82, 2.24) is 0 Å². The largest absolute Gasteiger partial charge is 0.508 e. The number of carbonyl (C=O) groups is 2. The van der Waals surface area contributed by atoms with Gasteiger partial charge in [0.25, 0.3) is 0 Å². The molecule has 1 fully saturated rings. The molecule has 3 rings (SSSR count). The average Bonchev–Trinajstić information content (AvgIpc) is 2.84. The molecule has 0 aromatic heterocycles. The minimum Gasteiger partial charge on any atom is -0.508 e. The number of fused-ring (bicyclic) bond motifs is 1. The Hall–Kier alpha value is -2.38. The number of rotatable bonds is 4. The van der Waals surface area contributed by atoms with E-state index in [4.69, 9.17) is 9.47 Å². The van der Waals surface area contributed by atoms with Crippen LogP contribution in [0, 0.1) is 17.3 Å². The average molecular weight is 433 g/mol. The first kappa shape index (κ1) is 23.3. The van der Waals surface area contributed by atoms with Crippen molar-refractivity contribution >= 4 is 11.9 Å². The van der Waals surface area contributed by atoms with Crippen LogP contribution in [0.5, 0.6) is 5.75 Å². The van der Waals surface area contributed by atoms with E-state index in [1.165, 1.54) is 31.2 Å². The Morgan fingerprint density at radius 1 is 1.16 bits per heavy atom.